The van der Waals surface area contributed by atoms with E-state index in [2.05, 4.69) is 140 Å². The van der Waals surface area contributed by atoms with Crippen LogP contribution in [-0.2, 0) is 0 Å². The van der Waals surface area contributed by atoms with E-state index < -0.39 is 0 Å². The molecular formula is C34H27N. The fourth-order valence-electron chi connectivity index (χ4n) is 4.88. The molecule has 0 N–H and O–H groups in total. The Labute approximate surface area is 206 Å². The quantitative estimate of drug-likeness (QED) is 0.236. The molecule has 0 radical (unpaired) electrons. The molecule has 6 aromatic rings. The summed E-state index contributed by atoms with van der Waals surface area (Å²) in [5.41, 5.74) is 11.1. The van der Waals surface area contributed by atoms with Crippen LogP contribution in [0.4, 0.5) is 0 Å². The van der Waals surface area contributed by atoms with E-state index in [1.165, 1.54) is 60.9 Å². The Morgan fingerprint density at radius 2 is 0.971 bits per heavy atom. The molecule has 0 atom stereocenters. The first-order chi connectivity index (χ1) is 17.2. The summed E-state index contributed by atoms with van der Waals surface area (Å²) in [5, 5.41) is 2.62. The van der Waals surface area contributed by atoms with Crippen molar-refractivity contribution in [2.24, 2.45) is 0 Å². The van der Waals surface area contributed by atoms with E-state index in [-0.39, 0.29) is 0 Å². The van der Waals surface area contributed by atoms with E-state index in [0.29, 0.717) is 0 Å². The third kappa shape index (κ3) is 4.06. The Morgan fingerprint density at radius 1 is 0.486 bits per heavy atom. The van der Waals surface area contributed by atoms with Gasteiger partial charge in [0.25, 0.3) is 0 Å². The predicted octanol–water partition coefficient (Wildman–Crippen LogP) is 9.24. The molecule has 1 aromatic heterocycles. The molecule has 1 nitrogen and oxygen atoms in total. The lowest BCUT2D eigenvalue weighted by atomic mass is 10.0. The van der Waals surface area contributed by atoms with Gasteiger partial charge in [0.05, 0.1) is 11.0 Å². The minimum atomic E-state index is 1.18. The van der Waals surface area contributed by atoms with Gasteiger partial charge in [0.1, 0.15) is 0 Å². The largest absolute Gasteiger partial charge is 0.309 e. The maximum absolute atomic E-state index is 2.38. The third-order valence-corrected chi connectivity index (χ3v) is 6.71. The van der Waals surface area contributed by atoms with Crippen molar-refractivity contribution in [2.45, 2.75) is 13.8 Å². The van der Waals surface area contributed by atoms with Crippen molar-refractivity contribution in [3.05, 3.63) is 138 Å². The summed E-state index contributed by atoms with van der Waals surface area (Å²) in [6.07, 6.45) is 4.31. The molecule has 0 bridgehead atoms. The molecule has 1 heterocycles. The van der Waals surface area contributed by atoms with E-state index in [1.54, 1.807) is 0 Å². The number of nitrogens with zero attached hydrogens (tertiary/aromatic N) is 1. The van der Waals surface area contributed by atoms with Crippen LogP contribution in [0.2, 0.25) is 0 Å². The van der Waals surface area contributed by atoms with Crippen molar-refractivity contribution < 1.29 is 0 Å². The zero-order chi connectivity index (χ0) is 23.8. The lowest BCUT2D eigenvalue weighted by Crippen LogP contribution is -1.93. The highest BCUT2D eigenvalue weighted by molar-refractivity contribution is 6.09. The molecule has 35 heavy (non-hydrogen) atoms. The molecule has 1 heteroatoms. The van der Waals surface area contributed by atoms with Gasteiger partial charge >= 0.3 is 0 Å². The van der Waals surface area contributed by atoms with Crippen molar-refractivity contribution in [3.8, 4) is 16.8 Å². The fraction of sp³-hybridized carbons (Fsp3) is 0.0588. The van der Waals surface area contributed by atoms with Crippen LogP contribution in [0.5, 0.6) is 0 Å². The van der Waals surface area contributed by atoms with Gasteiger partial charge in [-0.15, -0.1) is 0 Å². The summed E-state index contributed by atoms with van der Waals surface area (Å²) in [6, 6.07) is 41.6. The number of fused-ring (bicyclic) bond motifs is 3. The van der Waals surface area contributed by atoms with Gasteiger partial charge < -0.3 is 4.57 Å². The number of hydrogen-bond donors (Lipinski definition) is 0. The molecule has 0 aliphatic rings. The highest BCUT2D eigenvalue weighted by Crippen LogP contribution is 2.34. The number of aryl methyl sites for hydroxylation is 2. The van der Waals surface area contributed by atoms with Gasteiger partial charge in [0.2, 0.25) is 0 Å². The monoisotopic (exact) mass is 449 g/mol. The van der Waals surface area contributed by atoms with Crippen LogP contribution in [-0.4, -0.2) is 4.57 Å². The fourth-order valence-corrected chi connectivity index (χ4v) is 4.88. The molecule has 0 unspecified atom stereocenters. The second kappa shape index (κ2) is 8.77. The topological polar surface area (TPSA) is 4.93 Å². The second-order valence-electron chi connectivity index (χ2n) is 9.29. The molecule has 5 aromatic carbocycles. The van der Waals surface area contributed by atoms with Crippen LogP contribution < -0.4 is 0 Å². The molecule has 0 saturated carbocycles. The second-order valence-corrected chi connectivity index (χ2v) is 9.29. The van der Waals surface area contributed by atoms with Crippen molar-refractivity contribution in [3.63, 3.8) is 0 Å². The molecule has 0 aliphatic heterocycles. The molecule has 0 spiro atoms. The zero-order valence-corrected chi connectivity index (χ0v) is 20.1. The Bertz CT molecular complexity index is 1610. The lowest BCUT2D eigenvalue weighted by Gasteiger charge is -2.10. The Morgan fingerprint density at radius 3 is 1.51 bits per heavy atom. The average Bonchev–Trinajstić information content (AvgIpc) is 3.21. The third-order valence-electron chi connectivity index (χ3n) is 6.71. The SMILES string of the molecule is Cc1ccc2c(c1)c1cc(C)ccc1n2-c1ccc(-c2ccc(C=Cc3ccccc3)cc2)cc1. The van der Waals surface area contributed by atoms with Gasteiger partial charge in [-0.05, 0) is 72.5 Å². The van der Waals surface area contributed by atoms with Crippen molar-refractivity contribution in [2.75, 3.05) is 0 Å². The first-order valence-corrected chi connectivity index (χ1v) is 12.1. The molecule has 0 amide bonds. The highest BCUT2D eigenvalue weighted by Gasteiger charge is 2.12. The van der Waals surface area contributed by atoms with Gasteiger partial charge in [0.15, 0.2) is 0 Å². The number of benzene rings is 5. The number of hydrogen-bond acceptors (Lipinski definition) is 0. The molecule has 168 valence electrons. The minimum Gasteiger partial charge on any atom is -0.309 e. The molecular weight excluding hydrogens is 422 g/mol. The van der Waals surface area contributed by atoms with Crippen LogP contribution >= 0.6 is 0 Å². The number of rotatable bonds is 4. The van der Waals surface area contributed by atoms with Gasteiger partial charge in [-0.3, -0.25) is 0 Å². The summed E-state index contributed by atoms with van der Waals surface area (Å²) in [4.78, 5) is 0. The van der Waals surface area contributed by atoms with Crippen LogP contribution in [0.15, 0.2) is 115 Å². The van der Waals surface area contributed by atoms with E-state index in [1.807, 2.05) is 6.07 Å². The normalized spacial score (nSPS) is 11.6. The van der Waals surface area contributed by atoms with Crippen molar-refractivity contribution in [1.29, 1.82) is 0 Å². The summed E-state index contributed by atoms with van der Waals surface area (Å²) < 4.78 is 2.38. The molecule has 0 saturated heterocycles. The Hall–Kier alpha value is -4.36. The summed E-state index contributed by atoms with van der Waals surface area (Å²) in [6.45, 7) is 4.33. The maximum atomic E-state index is 2.38. The molecule has 0 aliphatic carbocycles. The van der Waals surface area contributed by atoms with Gasteiger partial charge in [0, 0.05) is 16.5 Å². The predicted molar refractivity (Wildman–Crippen MR) is 151 cm³/mol. The standard InChI is InChI=1S/C34H27N/c1-24-8-20-33-31(22-24)32-23-25(2)9-21-34(32)35(33)30-18-16-29(17-19-30)28-14-12-27(13-15-28)11-10-26-6-4-3-5-7-26/h3-23H,1-2H3. The first-order valence-electron chi connectivity index (χ1n) is 12.1. The van der Waals surface area contributed by atoms with Gasteiger partial charge in [-0.1, -0.05) is 102 Å². The Kier molecular flexibility index (Phi) is 5.31. The number of aromatic nitrogens is 1. The summed E-state index contributed by atoms with van der Waals surface area (Å²) >= 11 is 0. The van der Waals surface area contributed by atoms with Crippen LogP contribution in [0.25, 0.3) is 50.8 Å². The minimum absolute atomic E-state index is 1.18. The zero-order valence-electron chi connectivity index (χ0n) is 20.1. The van der Waals surface area contributed by atoms with Crippen molar-refractivity contribution in [1.82, 2.24) is 4.57 Å². The van der Waals surface area contributed by atoms with Gasteiger partial charge in [-0.25, -0.2) is 0 Å². The van der Waals surface area contributed by atoms with Crippen LogP contribution in [0.1, 0.15) is 22.3 Å². The van der Waals surface area contributed by atoms with Crippen LogP contribution in [0, 0.1) is 13.8 Å². The first kappa shape index (κ1) is 21.2. The molecule has 6 rings (SSSR count). The Balaban J connectivity index is 1.33. The van der Waals surface area contributed by atoms with E-state index >= 15 is 0 Å². The maximum Gasteiger partial charge on any atom is 0.0541 e. The highest BCUT2D eigenvalue weighted by atomic mass is 15.0. The van der Waals surface area contributed by atoms with E-state index in [4.69, 9.17) is 0 Å². The lowest BCUT2D eigenvalue weighted by molar-refractivity contribution is 1.18. The smallest absolute Gasteiger partial charge is 0.0541 e. The van der Waals surface area contributed by atoms with E-state index in [9.17, 15) is 0 Å². The van der Waals surface area contributed by atoms with E-state index in [0.717, 1.165) is 0 Å². The average molecular weight is 450 g/mol. The summed E-state index contributed by atoms with van der Waals surface area (Å²) in [5.74, 6) is 0. The van der Waals surface area contributed by atoms with Crippen LogP contribution in [0.3, 0.4) is 0 Å². The van der Waals surface area contributed by atoms with Gasteiger partial charge in [-0.2, -0.15) is 0 Å². The summed E-state index contributed by atoms with van der Waals surface area (Å²) in [7, 11) is 0. The molecule has 0 fully saturated rings. The van der Waals surface area contributed by atoms with Crippen molar-refractivity contribution >= 4 is 34.0 Å².